The number of carboxylic acid groups (broad SMARTS) is 1. The van der Waals surface area contributed by atoms with Crippen molar-refractivity contribution in [3.63, 3.8) is 0 Å². The predicted molar refractivity (Wildman–Crippen MR) is 139 cm³/mol. The van der Waals surface area contributed by atoms with E-state index in [0.29, 0.717) is 56.5 Å². The Morgan fingerprint density at radius 3 is 2.42 bits per heavy atom. The van der Waals surface area contributed by atoms with E-state index in [1.165, 1.54) is 22.0 Å². The average Bonchev–Trinajstić information content (AvgIpc) is 3.69. The number of hydrogen-bond donors (Lipinski definition) is 2. The third kappa shape index (κ3) is 4.58. The third-order valence-electron chi connectivity index (χ3n) is 7.91. The van der Waals surface area contributed by atoms with E-state index >= 15 is 0 Å². The molecule has 6 rings (SSSR count). The van der Waals surface area contributed by atoms with Crippen molar-refractivity contribution < 1.29 is 19.8 Å². The average molecular weight is 519 g/mol. The monoisotopic (exact) mass is 518 g/mol. The van der Waals surface area contributed by atoms with Gasteiger partial charge in [-0.2, -0.15) is 5.10 Å². The molecule has 0 bridgehead atoms. The van der Waals surface area contributed by atoms with Crippen LogP contribution in [0.4, 0.5) is 4.79 Å². The van der Waals surface area contributed by atoms with E-state index in [2.05, 4.69) is 10.1 Å². The summed E-state index contributed by atoms with van der Waals surface area (Å²) in [5.41, 5.74) is 1.97. The van der Waals surface area contributed by atoms with Gasteiger partial charge >= 0.3 is 6.09 Å². The molecule has 2 fully saturated rings. The number of carbonyl (C=O) groups is 2. The van der Waals surface area contributed by atoms with E-state index in [1.54, 1.807) is 4.68 Å². The summed E-state index contributed by atoms with van der Waals surface area (Å²) in [6.45, 7) is 1.96. The van der Waals surface area contributed by atoms with Crippen LogP contribution in [0.25, 0.3) is 22.3 Å². The molecule has 2 aliphatic heterocycles. The summed E-state index contributed by atoms with van der Waals surface area (Å²) in [7, 11) is 0. The molecular weight excluding hydrogens is 488 g/mol. The van der Waals surface area contributed by atoms with Gasteiger partial charge in [-0.25, -0.2) is 14.5 Å². The normalized spacial score (nSPS) is 19.4. The zero-order valence-corrected chi connectivity index (χ0v) is 21.0. The molecule has 0 radical (unpaired) electrons. The van der Waals surface area contributed by atoms with Crippen molar-refractivity contribution in [2.75, 3.05) is 26.2 Å². The lowest BCUT2D eigenvalue weighted by molar-refractivity contribution is -0.137. The van der Waals surface area contributed by atoms with Crippen molar-refractivity contribution in [2.24, 2.45) is 5.92 Å². The Morgan fingerprint density at radius 2 is 1.79 bits per heavy atom. The fourth-order valence-corrected chi connectivity index (χ4v) is 5.38. The molecule has 2 N–H and O–H groups in total. The Labute approximate surface area is 218 Å². The second kappa shape index (κ2) is 9.39. The number of amides is 2. The lowest BCUT2D eigenvalue weighted by Crippen LogP contribution is -2.50. The van der Waals surface area contributed by atoms with Crippen LogP contribution in [-0.2, 0) is 11.3 Å². The predicted octanol–water partition coefficient (Wildman–Crippen LogP) is 2.11. The van der Waals surface area contributed by atoms with Crippen molar-refractivity contribution in [1.29, 1.82) is 0 Å². The Bertz CT molecular complexity index is 1480. The summed E-state index contributed by atoms with van der Waals surface area (Å²) in [6, 6.07) is 7.72. The molecule has 198 valence electrons. The number of aliphatic hydroxyl groups is 1. The van der Waals surface area contributed by atoms with Gasteiger partial charge in [0.1, 0.15) is 11.7 Å². The number of nitrogens with zero attached hydrogens (tertiary/aromatic N) is 6. The molecule has 1 aliphatic carbocycles. The van der Waals surface area contributed by atoms with Crippen LogP contribution in [0.1, 0.15) is 37.7 Å². The molecule has 1 saturated heterocycles. The second-order valence-electron chi connectivity index (χ2n) is 10.6. The summed E-state index contributed by atoms with van der Waals surface area (Å²) in [6.07, 6.45) is 7.40. The molecule has 3 aromatic rings. The molecule has 0 spiro atoms. The highest BCUT2D eigenvalue weighted by Crippen LogP contribution is 2.33. The largest absolute Gasteiger partial charge is 0.465 e. The number of aromatic nitrogens is 4. The highest BCUT2D eigenvalue weighted by molar-refractivity contribution is 5.81. The summed E-state index contributed by atoms with van der Waals surface area (Å²) >= 11 is 0. The second-order valence-corrected chi connectivity index (χ2v) is 10.6. The van der Waals surface area contributed by atoms with Crippen LogP contribution in [0.5, 0.6) is 0 Å². The SMILES string of the molecule is O=C(O)N1CC=C(c2ccc(-n3ncc4c(=O)n(CC5(O)CCN(C(=O)C6CC6)CC5)cnc43)cc2)CC1. The molecule has 2 aromatic heterocycles. The number of rotatable bonds is 5. The van der Waals surface area contributed by atoms with E-state index in [-0.39, 0.29) is 23.9 Å². The topological polar surface area (TPSA) is 134 Å². The lowest BCUT2D eigenvalue weighted by atomic mass is 9.91. The number of likely N-dealkylation sites (tertiary alicyclic amines) is 1. The van der Waals surface area contributed by atoms with Crippen molar-refractivity contribution in [3.05, 3.63) is 58.8 Å². The third-order valence-corrected chi connectivity index (χ3v) is 7.91. The van der Waals surface area contributed by atoms with Gasteiger partial charge in [-0.05, 0) is 55.4 Å². The van der Waals surface area contributed by atoms with E-state index < -0.39 is 11.7 Å². The first-order valence-corrected chi connectivity index (χ1v) is 13.0. The van der Waals surface area contributed by atoms with Crippen molar-refractivity contribution >= 4 is 28.6 Å². The minimum Gasteiger partial charge on any atom is -0.465 e. The quantitative estimate of drug-likeness (QED) is 0.528. The molecule has 11 nitrogen and oxygen atoms in total. The smallest absolute Gasteiger partial charge is 0.407 e. The summed E-state index contributed by atoms with van der Waals surface area (Å²) in [5.74, 6) is 0.352. The number of fused-ring (bicyclic) bond motifs is 1. The zero-order chi connectivity index (χ0) is 26.4. The van der Waals surface area contributed by atoms with Crippen molar-refractivity contribution in [3.8, 4) is 5.69 Å². The van der Waals surface area contributed by atoms with Crippen molar-refractivity contribution in [1.82, 2.24) is 29.1 Å². The Kier molecular flexibility index (Phi) is 6.02. The molecule has 2 amide bonds. The minimum atomic E-state index is -1.07. The maximum atomic E-state index is 13.2. The van der Waals surface area contributed by atoms with Gasteiger partial charge < -0.3 is 20.0 Å². The number of piperidine rings is 1. The van der Waals surface area contributed by atoms with Crippen LogP contribution in [0.15, 0.2) is 47.7 Å². The van der Waals surface area contributed by atoms with Crippen LogP contribution < -0.4 is 5.56 Å². The van der Waals surface area contributed by atoms with Gasteiger partial charge in [-0.3, -0.25) is 14.2 Å². The van der Waals surface area contributed by atoms with Gasteiger partial charge in [0.15, 0.2) is 5.65 Å². The van der Waals surface area contributed by atoms with Gasteiger partial charge in [0.05, 0.1) is 24.0 Å². The van der Waals surface area contributed by atoms with Crippen LogP contribution >= 0.6 is 0 Å². The Morgan fingerprint density at radius 1 is 1.05 bits per heavy atom. The van der Waals surface area contributed by atoms with E-state index in [9.17, 15) is 19.5 Å². The van der Waals surface area contributed by atoms with Crippen LogP contribution in [0, 0.1) is 5.92 Å². The zero-order valence-electron chi connectivity index (χ0n) is 21.0. The van der Waals surface area contributed by atoms with Gasteiger partial charge in [-0.1, -0.05) is 18.2 Å². The molecule has 11 heteroatoms. The first-order chi connectivity index (χ1) is 18.3. The Hall–Kier alpha value is -3.99. The van der Waals surface area contributed by atoms with Gasteiger partial charge in [0.25, 0.3) is 5.56 Å². The first kappa shape index (κ1) is 24.4. The van der Waals surface area contributed by atoms with E-state index in [4.69, 9.17) is 5.11 Å². The molecule has 4 heterocycles. The molecule has 0 atom stereocenters. The summed E-state index contributed by atoms with van der Waals surface area (Å²) in [5, 5.41) is 25.1. The fourth-order valence-electron chi connectivity index (χ4n) is 5.38. The number of hydrogen-bond acceptors (Lipinski definition) is 6. The first-order valence-electron chi connectivity index (χ1n) is 13.0. The fraction of sp³-hybridized carbons (Fsp3) is 0.444. The van der Waals surface area contributed by atoms with E-state index in [0.717, 1.165) is 29.7 Å². The van der Waals surface area contributed by atoms with Crippen LogP contribution in [0.3, 0.4) is 0 Å². The van der Waals surface area contributed by atoms with Crippen molar-refractivity contribution in [2.45, 2.75) is 44.2 Å². The summed E-state index contributed by atoms with van der Waals surface area (Å²) < 4.78 is 3.05. The molecule has 1 saturated carbocycles. The maximum absolute atomic E-state index is 13.2. The Balaban J connectivity index is 1.17. The minimum absolute atomic E-state index is 0.120. The molecular formula is C27H30N6O5. The molecule has 1 aromatic carbocycles. The van der Waals surface area contributed by atoms with E-state index in [1.807, 2.05) is 35.2 Å². The van der Waals surface area contributed by atoms with Gasteiger partial charge in [0, 0.05) is 32.1 Å². The number of carbonyl (C=O) groups excluding carboxylic acids is 1. The highest BCUT2D eigenvalue weighted by Gasteiger charge is 2.39. The standard InChI is InChI=1S/C27H30N6O5/c34-24(20-1-2-20)30-13-9-27(38,10-14-30)16-32-17-28-23-22(25(32)35)15-29-33(23)21-5-3-18(4-6-21)19-7-11-31(12-8-19)26(36)37/h3-7,15,17,20,38H,1-2,8-14,16H2,(H,36,37). The van der Waals surface area contributed by atoms with Crippen LogP contribution in [-0.4, -0.2) is 83.1 Å². The van der Waals surface area contributed by atoms with Crippen LogP contribution in [0.2, 0.25) is 0 Å². The molecule has 3 aliphatic rings. The van der Waals surface area contributed by atoms with Gasteiger partial charge in [-0.15, -0.1) is 0 Å². The highest BCUT2D eigenvalue weighted by atomic mass is 16.4. The lowest BCUT2D eigenvalue weighted by Gasteiger charge is -2.38. The van der Waals surface area contributed by atoms with Gasteiger partial charge in [0.2, 0.25) is 5.91 Å². The number of benzene rings is 1. The maximum Gasteiger partial charge on any atom is 0.407 e. The molecule has 0 unspecified atom stereocenters. The molecule has 38 heavy (non-hydrogen) atoms. The summed E-state index contributed by atoms with van der Waals surface area (Å²) in [4.78, 5) is 44.4.